The summed E-state index contributed by atoms with van der Waals surface area (Å²) >= 11 is 1.46. The van der Waals surface area contributed by atoms with Crippen LogP contribution in [0.2, 0.25) is 0 Å². The molecule has 0 bridgehead atoms. The zero-order valence-electron chi connectivity index (χ0n) is 10.6. The van der Waals surface area contributed by atoms with Crippen LogP contribution in [0.25, 0.3) is 0 Å². The van der Waals surface area contributed by atoms with Crippen molar-refractivity contribution in [1.82, 2.24) is 5.32 Å². The largest absolute Gasteiger partial charge is 0.416 e. The van der Waals surface area contributed by atoms with Gasteiger partial charge in [0.2, 0.25) is 0 Å². The molecule has 18 heavy (non-hydrogen) atoms. The smallest absolute Gasteiger partial charge is 0.313 e. The van der Waals surface area contributed by atoms with Crippen molar-refractivity contribution in [3.8, 4) is 0 Å². The number of alkyl halides is 3. The summed E-state index contributed by atoms with van der Waals surface area (Å²) in [4.78, 5) is 0.685. The fourth-order valence-corrected chi connectivity index (χ4v) is 2.35. The van der Waals surface area contributed by atoms with Crippen LogP contribution in [0.5, 0.6) is 0 Å². The van der Waals surface area contributed by atoms with Gasteiger partial charge in [-0.2, -0.15) is 13.2 Å². The van der Waals surface area contributed by atoms with E-state index < -0.39 is 11.7 Å². The van der Waals surface area contributed by atoms with Crippen LogP contribution in [-0.2, 0) is 12.7 Å². The highest BCUT2D eigenvalue weighted by atomic mass is 32.2. The summed E-state index contributed by atoms with van der Waals surface area (Å²) in [5, 5.41) is 2.93. The lowest BCUT2D eigenvalue weighted by Gasteiger charge is -2.14. The van der Waals surface area contributed by atoms with E-state index >= 15 is 0 Å². The third-order valence-corrected chi connectivity index (χ3v) is 3.62. The molecule has 0 heterocycles. The molecule has 0 saturated carbocycles. The lowest BCUT2D eigenvalue weighted by molar-refractivity contribution is -0.138. The molecule has 0 aliphatic rings. The Labute approximate surface area is 110 Å². The Morgan fingerprint density at radius 1 is 1.22 bits per heavy atom. The normalized spacial score (nSPS) is 11.8. The molecular weight excluding hydrogens is 259 g/mol. The number of nitrogens with one attached hydrogen (secondary N) is 1. The van der Waals surface area contributed by atoms with Crippen molar-refractivity contribution < 1.29 is 13.2 Å². The van der Waals surface area contributed by atoms with Crippen molar-refractivity contribution in [2.45, 2.75) is 37.9 Å². The average molecular weight is 277 g/mol. The van der Waals surface area contributed by atoms with Crippen molar-refractivity contribution in [3.05, 3.63) is 29.3 Å². The summed E-state index contributed by atoms with van der Waals surface area (Å²) < 4.78 is 38.8. The third kappa shape index (κ3) is 4.53. The first kappa shape index (κ1) is 15.4. The molecule has 1 nitrogen and oxygen atoms in total. The van der Waals surface area contributed by atoms with E-state index in [1.165, 1.54) is 17.8 Å². The van der Waals surface area contributed by atoms with Gasteiger partial charge in [0.1, 0.15) is 0 Å². The van der Waals surface area contributed by atoms with Gasteiger partial charge in [-0.15, -0.1) is 11.8 Å². The second-order valence-electron chi connectivity index (χ2n) is 3.95. The molecule has 1 aromatic carbocycles. The van der Waals surface area contributed by atoms with E-state index in [9.17, 15) is 13.2 Å². The minimum absolute atomic E-state index is 0.254. The van der Waals surface area contributed by atoms with Crippen LogP contribution in [0.4, 0.5) is 13.2 Å². The van der Waals surface area contributed by atoms with E-state index in [-0.39, 0.29) is 6.54 Å². The molecule has 0 amide bonds. The van der Waals surface area contributed by atoms with Gasteiger partial charge in [0, 0.05) is 11.4 Å². The Kier molecular flexibility index (Phi) is 6.02. The third-order valence-electron chi connectivity index (χ3n) is 2.43. The Morgan fingerprint density at radius 3 is 2.50 bits per heavy atom. The molecule has 5 heteroatoms. The summed E-state index contributed by atoms with van der Waals surface area (Å²) in [6.07, 6.45) is -3.33. The van der Waals surface area contributed by atoms with Crippen molar-refractivity contribution >= 4 is 11.8 Å². The quantitative estimate of drug-likeness (QED) is 0.777. The zero-order valence-corrected chi connectivity index (χ0v) is 11.4. The van der Waals surface area contributed by atoms with Crippen molar-refractivity contribution in [2.75, 3.05) is 12.3 Å². The lowest BCUT2D eigenvalue weighted by atomic mass is 10.1. The Balaban J connectivity index is 2.97. The van der Waals surface area contributed by atoms with Gasteiger partial charge in [-0.3, -0.25) is 0 Å². The molecule has 0 saturated heterocycles. The Hall–Kier alpha value is -0.680. The lowest BCUT2D eigenvalue weighted by Crippen LogP contribution is -2.17. The van der Waals surface area contributed by atoms with E-state index in [1.807, 2.05) is 13.8 Å². The monoisotopic (exact) mass is 277 g/mol. The van der Waals surface area contributed by atoms with Gasteiger partial charge in [0.05, 0.1) is 5.56 Å². The van der Waals surface area contributed by atoms with E-state index in [2.05, 4.69) is 5.32 Å². The zero-order chi connectivity index (χ0) is 13.6. The van der Waals surface area contributed by atoms with E-state index in [0.29, 0.717) is 17.0 Å². The van der Waals surface area contributed by atoms with Crippen LogP contribution in [0.3, 0.4) is 0 Å². The second-order valence-corrected chi connectivity index (χ2v) is 5.11. The molecule has 0 aromatic heterocycles. The minimum Gasteiger partial charge on any atom is -0.313 e. The number of rotatable bonds is 6. The van der Waals surface area contributed by atoms with Crippen LogP contribution in [0.1, 0.15) is 31.4 Å². The standard InChI is InChI=1S/C13H18F3NS/c1-3-7-18-11-6-5-10(9-17-4-2)12(8-11)13(14,15)16/h5-6,8,17H,3-4,7,9H2,1-2H3. The molecule has 102 valence electrons. The predicted molar refractivity (Wildman–Crippen MR) is 69.8 cm³/mol. The van der Waals surface area contributed by atoms with Gasteiger partial charge in [0.15, 0.2) is 0 Å². The van der Waals surface area contributed by atoms with E-state index in [4.69, 9.17) is 0 Å². The Morgan fingerprint density at radius 2 is 1.94 bits per heavy atom. The summed E-state index contributed by atoms with van der Waals surface area (Å²) in [5.41, 5.74) is -0.213. The molecular formula is C13H18F3NS. The van der Waals surface area contributed by atoms with E-state index in [1.54, 1.807) is 12.1 Å². The van der Waals surface area contributed by atoms with Gasteiger partial charge in [-0.05, 0) is 36.4 Å². The highest BCUT2D eigenvalue weighted by Gasteiger charge is 2.33. The van der Waals surface area contributed by atoms with Crippen LogP contribution in [-0.4, -0.2) is 12.3 Å². The van der Waals surface area contributed by atoms with Gasteiger partial charge in [0.25, 0.3) is 0 Å². The number of halogens is 3. The predicted octanol–water partition coefficient (Wildman–Crippen LogP) is 4.32. The fraction of sp³-hybridized carbons (Fsp3) is 0.538. The molecule has 1 rings (SSSR count). The van der Waals surface area contributed by atoms with Gasteiger partial charge < -0.3 is 5.32 Å². The van der Waals surface area contributed by atoms with Gasteiger partial charge >= 0.3 is 6.18 Å². The summed E-state index contributed by atoms with van der Waals surface area (Å²) in [6.45, 7) is 4.80. The molecule has 1 N–H and O–H groups in total. The number of benzene rings is 1. The first-order chi connectivity index (χ1) is 8.49. The van der Waals surface area contributed by atoms with Crippen molar-refractivity contribution in [2.24, 2.45) is 0 Å². The van der Waals surface area contributed by atoms with Crippen LogP contribution in [0.15, 0.2) is 23.1 Å². The molecule has 0 spiro atoms. The molecule has 0 aliphatic heterocycles. The first-order valence-electron chi connectivity index (χ1n) is 6.02. The Bertz CT molecular complexity index is 377. The maximum Gasteiger partial charge on any atom is 0.416 e. The first-order valence-corrected chi connectivity index (χ1v) is 7.01. The van der Waals surface area contributed by atoms with Crippen molar-refractivity contribution in [1.29, 1.82) is 0 Å². The van der Waals surface area contributed by atoms with E-state index in [0.717, 1.165) is 12.2 Å². The highest BCUT2D eigenvalue weighted by molar-refractivity contribution is 7.99. The maximum absolute atomic E-state index is 12.9. The molecule has 0 fully saturated rings. The summed E-state index contributed by atoms with van der Waals surface area (Å²) in [6, 6.07) is 4.60. The highest BCUT2D eigenvalue weighted by Crippen LogP contribution is 2.34. The molecule has 0 aliphatic carbocycles. The second kappa shape index (κ2) is 7.04. The number of thioether (sulfide) groups is 1. The SMILES string of the molecule is CCCSc1ccc(CNCC)c(C(F)(F)F)c1. The van der Waals surface area contributed by atoms with Crippen LogP contribution < -0.4 is 5.32 Å². The van der Waals surface area contributed by atoms with Gasteiger partial charge in [-0.25, -0.2) is 0 Å². The van der Waals surface area contributed by atoms with Crippen LogP contribution >= 0.6 is 11.8 Å². The summed E-state index contributed by atoms with van der Waals surface area (Å²) in [5.74, 6) is 0.837. The molecule has 1 aromatic rings. The number of hydrogen-bond acceptors (Lipinski definition) is 2. The average Bonchev–Trinajstić information content (AvgIpc) is 2.33. The topological polar surface area (TPSA) is 12.0 Å². The number of hydrogen-bond donors (Lipinski definition) is 1. The van der Waals surface area contributed by atoms with Gasteiger partial charge in [-0.1, -0.05) is 19.9 Å². The fourth-order valence-electron chi connectivity index (χ4n) is 1.54. The minimum atomic E-state index is -4.28. The van der Waals surface area contributed by atoms with Crippen LogP contribution in [0, 0.1) is 0 Å². The molecule has 0 radical (unpaired) electrons. The van der Waals surface area contributed by atoms with Crippen molar-refractivity contribution in [3.63, 3.8) is 0 Å². The summed E-state index contributed by atoms with van der Waals surface area (Å²) in [7, 11) is 0. The molecule has 0 atom stereocenters. The maximum atomic E-state index is 12.9. The molecule has 0 unspecified atom stereocenters.